The summed E-state index contributed by atoms with van der Waals surface area (Å²) in [7, 11) is 0. The van der Waals surface area contributed by atoms with Gasteiger partial charge in [0, 0.05) is 29.6 Å². The Morgan fingerprint density at radius 1 is 1.10 bits per heavy atom. The van der Waals surface area contributed by atoms with Crippen LogP contribution >= 0.6 is 0 Å². The highest BCUT2D eigenvalue weighted by atomic mass is 19.1. The van der Waals surface area contributed by atoms with Crippen LogP contribution in [-0.4, -0.2) is 17.5 Å². The largest absolute Gasteiger partial charge is 0.362 e. The molecule has 2 aromatic carbocycles. The molecule has 0 saturated heterocycles. The van der Waals surface area contributed by atoms with Gasteiger partial charge in [-0.1, -0.05) is 30.3 Å². The molecule has 29 heavy (non-hydrogen) atoms. The van der Waals surface area contributed by atoms with Crippen LogP contribution in [0.2, 0.25) is 0 Å². The van der Waals surface area contributed by atoms with Crippen LogP contribution in [0.25, 0.3) is 0 Å². The summed E-state index contributed by atoms with van der Waals surface area (Å²) in [5, 5.41) is 9.72. The van der Waals surface area contributed by atoms with Crippen LogP contribution in [0.3, 0.4) is 0 Å². The molecule has 3 aliphatic carbocycles. The first-order valence-electron chi connectivity index (χ1n) is 10.3. The number of hydrogen-bond acceptors (Lipinski definition) is 3. The molecule has 4 atom stereocenters. The number of hydrogen-bond donors (Lipinski definition) is 3. The van der Waals surface area contributed by atoms with Crippen molar-refractivity contribution < 1.29 is 14.0 Å². The summed E-state index contributed by atoms with van der Waals surface area (Å²) in [5.74, 6) is -0.0767. The van der Waals surface area contributed by atoms with Crippen molar-refractivity contribution in [1.29, 1.82) is 0 Å². The minimum atomic E-state index is -0.476. The maximum atomic E-state index is 13.8. The van der Waals surface area contributed by atoms with Crippen LogP contribution in [0.5, 0.6) is 0 Å². The Morgan fingerprint density at radius 3 is 2.69 bits per heavy atom. The fraction of sp³-hybridized carbons (Fsp3) is 0.391. The van der Waals surface area contributed by atoms with E-state index in [0.717, 1.165) is 31.4 Å². The maximum Gasteiger partial charge on any atom is 0.255 e. The zero-order valence-corrected chi connectivity index (χ0v) is 16.1. The number of nitrogens with one attached hydrogen (secondary N) is 3. The predicted octanol–water partition coefficient (Wildman–Crippen LogP) is 3.43. The third-order valence-electron chi connectivity index (χ3n) is 6.89. The van der Waals surface area contributed by atoms with Gasteiger partial charge < -0.3 is 16.0 Å². The van der Waals surface area contributed by atoms with Crippen LogP contribution < -0.4 is 16.0 Å². The lowest BCUT2D eigenvalue weighted by atomic mass is 9.58. The van der Waals surface area contributed by atoms with Gasteiger partial charge >= 0.3 is 0 Å². The fourth-order valence-electron chi connectivity index (χ4n) is 5.42. The average Bonchev–Trinajstić information content (AvgIpc) is 2.73. The molecule has 1 spiro atoms. The van der Waals surface area contributed by atoms with Gasteiger partial charge in [-0.25, -0.2) is 4.39 Å². The minimum absolute atomic E-state index is 0.0136. The number of halogens is 1. The first kappa shape index (κ1) is 18.2. The molecular formula is C23H24FN3O2. The van der Waals surface area contributed by atoms with Crippen LogP contribution in [0.4, 0.5) is 10.1 Å². The van der Waals surface area contributed by atoms with Gasteiger partial charge in [0.15, 0.2) is 0 Å². The van der Waals surface area contributed by atoms with E-state index < -0.39 is 5.66 Å². The van der Waals surface area contributed by atoms with Crippen molar-refractivity contribution in [1.82, 2.24) is 10.6 Å². The summed E-state index contributed by atoms with van der Waals surface area (Å²) in [5.41, 5.74) is 1.55. The van der Waals surface area contributed by atoms with E-state index in [9.17, 15) is 14.0 Å². The Labute approximate surface area is 169 Å². The standard InChI is InChI=1S/C23H24FN3O2/c24-19-7-3-1-5-15(19)13-25-21(28)18-11-16-10-9-14(18)12-23(16)26-20-8-4-2-6-17(20)22(29)27-23/h1-8,14,16,18,26H,9-13H2,(H,25,28)(H,27,29)/t14?,16?,18?,23-/m1/s1. The van der Waals surface area contributed by atoms with Gasteiger partial charge in [0.1, 0.15) is 11.5 Å². The second-order valence-electron chi connectivity index (χ2n) is 8.49. The molecule has 4 aliphatic rings. The second kappa shape index (κ2) is 6.87. The highest BCUT2D eigenvalue weighted by Crippen LogP contribution is 2.51. The first-order valence-corrected chi connectivity index (χ1v) is 10.3. The van der Waals surface area contributed by atoms with Gasteiger partial charge in [0.05, 0.1) is 5.56 Å². The van der Waals surface area contributed by atoms with Crippen molar-refractivity contribution in [3.8, 4) is 0 Å². The monoisotopic (exact) mass is 393 g/mol. The molecule has 2 aromatic rings. The molecule has 3 unspecified atom stereocenters. The van der Waals surface area contributed by atoms with Crippen molar-refractivity contribution in [3.05, 3.63) is 65.5 Å². The van der Waals surface area contributed by atoms with Crippen LogP contribution in [0.15, 0.2) is 48.5 Å². The Balaban J connectivity index is 1.30. The summed E-state index contributed by atoms with van der Waals surface area (Å²) in [6.45, 7) is 0.201. The van der Waals surface area contributed by atoms with E-state index >= 15 is 0 Å². The summed E-state index contributed by atoms with van der Waals surface area (Å²) >= 11 is 0. The van der Waals surface area contributed by atoms with Gasteiger partial charge in [-0.05, 0) is 49.8 Å². The van der Waals surface area contributed by atoms with Gasteiger partial charge in [0.25, 0.3) is 5.91 Å². The number of para-hydroxylation sites is 1. The number of rotatable bonds is 3. The summed E-state index contributed by atoms with van der Waals surface area (Å²) in [6.07, 6.45) is 3.42. The zero-order chi connectivity index (χ0) is 20.0. The van der Waals surface area contributed by atoms with Gasteiger partial charge in [-0.2, -0.15) is 0 Å². The van der Waals surface area contributed by atoms with E-state index in [1.165, 1.54) is 6.07 Å². The van der Waals surface area contributed by atoms with Crippen LogP contribution in [0.1, 0.15) is 41.6 Å². The number of anilines is 1. The molecule has 0 radical (unpaired) electrons. The molecule has 6 heteroatoms. The van der Waals surface area contributed by atoms with Crippen molar-refractivity contribution in [2.75, 3.05) is 5.32 Å². The zero-order valence-electron chi connectivity index (χ0n) is 16.1. The SMILES string of the molecule is O=C1N[C@@]2(CC3CCC2CC3C(=O)NCc2ccccc2F)Nc2ccccc21. The lowest BCUT2D eigenvalue weighted by molar-refractivity contribution is -0.132. The van der Waals surface area contributed by atoms with Crippen molar-refractivity contribution in [3.63, 3.8) is 0 Å². The molecule has 2 amide bonds. The van der Waals surface area contributed by atoms with E-state index in [1.54, 1.807) is 18.2 Å². The minimum Gasteiger partial charge on any atom is -0.362 e. The summed E-state index contributed by atoms with van der Waals surface area (Å²) in [4.78, 5) is 25.5. The van der Waals surface area contributed by atoms with E-state index in [-0.39, 0.29) is 41.9 Å². The highest BCUT2D eigenvalue weighted by molar-refractivity contribution is 6.02. The molecule has 150 valence electrons. The molecule has 3 saturated carbocycles. The predicted molar refractivity (Wildman–Crippen MR) is 107 cm³/mol. The maximum absolute atomic E-state index is 13.8. The molecule has 2 bridgehead atoms. The topological polar surface area (TPSA) is 70.2 Å². The van der Waals surface area contributed by atoms with Gasteiger partial charge in [0.2, 0.25) is 5.91 Å². The van der Waals surface area contributed by atoms with E-state index in [0.29, 0.717) is 11.1 Å². The Kier molecular flexibility index (Phi) is 4.30. The quantitative estimate of drug-likeness (QED) is 0.748. The average molecular weight is 393 g/mol. The van der Waals surface area contributed by atoms with E-state index in [2.05, 4.69) is 16.0 Å². The van der Waals surface area contributed by atoms with E-state index in [1.807, 2.05) is 24.3 Å². The number of amides is 2. The molecule has 3 fully saturated rings. The second-order valence-corrected chi connectivity index (χ2v) is 8.49. The lowest BCUT2D eigenvalue weighted by Gasteiger charge is -2.56. The highest BCUT2D eigenvalue weighted by Gasteiger charge is 2.55. The number of carbonyl (C=O) groups excluding carboxylic acids is 2. The number of fused-ring (bicyclic) bond motifs is 3. The number of benzene rings is 2. The summed E-state index contributed by atoms with van der Waals surface area (Å²) < 4.78 is 13.8. The van der Waals surface area contributed by atoms with E-state index in [4.69, 9.17) is 0 Å². The number of carbonyl (C=O) groups is 2. The normalized spacial score (nSPS) is 29.7. The molecule has 0 aromatic heterocycles. The smallest absolute Gasteiger partial charge is 0.255 e. The third kappa shape index (κ3) is 3.07. The van der Waals surface area contributed by atoms with Crippen molar-refractivity contribution in [2.24, 2.45) is 17.8 Å². The van der Waals surface area contributed by atoms with Crippen molar-refractivity contribution >= 4 is 17.5 Å². The molecule has 1 heterocycles. The molecule has 1 aliphatic heterocycles. The fourth-order valence-corrected chi connectivity index (χ4v) is 5.42. The lowest BCUT2D eigenvalue weighted by Crippen LogP contribution is -2.68. The Morgan fingerprint density at radius 2 is 1.90 bits per heavy atom. The Bertz CT molecular complexity index is 978. The third-order valence-corrected chi connectivity index (χ3v) is 6.89. The van der Waals surface area contributed by atoms with Gasteiger partial charge in [-0.3, -0.25) is 9.59 Å². The summed E-state index contributed by atoms with van der Waals surface area (Å²) in [6, 6.07) is 14.1. The van der Waals surface area contributed by atoms with Crippen LogP contribution in [-0.2, 0) is 11.3 Å². The Hall–Kier alpha value is -2.89. The first-order chi connectivity index (χ1) is 14.1. The molecular weight excluding hydrogens is 369 g/mol. The molecule has 6 rings (SSSR count). The van der Waals surface area contributed by atoms with Crippen LogP contribution in [0, 0.1) is 23.6 Å². The van der Waals surface area contributed by atoms with Crippen molar-refractivity contribution in [2.45, 2.75) is 37.9 Å². The molecule has 3 N–H and O–H groups in total. The van der Waals surface area contributed by atoms with Gasteiger partial charge in [-0.15, -0.1) is 0 Å². The molecule has 5 nitrogen and oxygen atoms in total.